The van der Waals surface area contributed by atoms with E-state index in [1.54, 1.807) is 0 Å². The molecule has 2 heterocycles. The fraction of sp³-hybridized carbons (Fsp3) is 0.500. The Labute approximate surface area is 117 Å². The molecule has 1 aromatic heterocycles. The standard InChI is InChI=1S/C12H20N6S/c1-8-4-5-9(19-8)6-7-14-11-15-10(13)16-12(17-11)18(2)3/h4-5,10H,6-7,13H2,1-3H3,(H2,14,15,16,17). The first kappa shape index (κ1) is 13.8. The largest absolute Gasteiger partial charge is 0.356 e. The van der Waals surface area contributed by atoms with Gasteiger partial charge in [0.1, 0.15) is 0 Å². The number of guanidine groups is 2. The van der Waals surface area contributed by atoms with Crippen LogP contribution in [0.4, 0.5) is 0 Å². The zero-order valence-corrected chi connectivity index (χ0v) is 12.3. The van der Waals surface area contributed by atoms with E-state index >= 15 is 0 Å². The Kier molecular flexibility index (Phi) is 4.39. The van der Waals surface area contributed by atoms with Crippen molar-refractivity contribution in [1.29, 1.82) is 0 Å². The van der Waals surface area contributed by atoms with Gasteiger partial charge in [-0.3, -0.25) is 11.1 Å². The van der Waals surface area contributed by atoms with Crippen LogP contribution in [-0.4, -0.2) is 43.7 Å². The zero-order valence-electron chi connectivity index (χ0n) is 11.5. The fourth-order valence-corrected chi connectivity index (χ4v) is 2.59. The Balaban J connectivity index is 1.83. The summed E-state index contributed by atoms with van der Waals surface area (Å²) in [6, 6.07) is 4.30. The van der Waals surface area contributed by atoms with E-state index < -0.39 is 6.29 Å². The van der Waals surface area contributed by atoms with Crippen molar-refractivity contribution in [3.63, 3.8) is 0 Å². The minimum Gasteiger partial charge on any atom is -0.356 e. The first-order valence-electron chi connectivity index (χ1n) is 6.19. The highest BCUT2D eigenvalue weighted by Crippen LogP contribution is 2.14. The van der Waals surface area contributed by atoms with Crippen LogP contribution in [-0.2, 0) is 6.42 Å². The number of hydrogen-bond acceptors (Lipinski definition) is 7. The highest BCUT2D eigenvalue weighted by atomic mass is 32.1. The maximum atomic E-state index is 5.76. The number of aliphatic imine (C=N–C) groups is 2. The molecule has 2 rings (SSSR count). The van der Waals surface area contributed by atoms with Gasteiger partial charge >= 0.3 is 0 Å². The Morgan fingerprint density at radius 3 is 2.84 bits per heavy atom. The molecule has 0 saturated heterocycles. The molecule has 19 heavy (non-hydrogen) atoms. The molecule has 104 valence electrons. The average Bonchev–Trinajstić information content (AvgIpc) is 2.74. The van der Waals surface area contributed by atoms with E-state index in [1.165, 1.54) is 9.75 Å². The van der Waals surface area contributed by atoms with Crippen molar-refractivity contribution in [3.05, 3.63) is 21.9 Å². The fourth-order valence-electron chi connectivity index (χ4n) is 1.70. The minimum atomic E-state index is -0.537. The van der Waals surface area contributed by atoms with Crippen LogP contribution in [0.5, 0.6) is 0 Å². The van der Waals surface area contributed by atoms with Crippen molar-refractivity contribution < 1.29 is 0 Å². The van der Waals surface area contributed by atoms with Gasteiger partial charge in [-0.15, -0.1) is 11.3 Å². The van der Waals surface area contributed by atoms with E-state index in [9.17, 15) is 0 Å². The van der Waals surface area contributed by atoms with Gasteiger partial charge in [-0.25, -0.2) is 9.98 Å². The first-order valence-corrected chi connectivity index (χ1v) is 7.01. The summed E-state index contributed by atoms with van der Waals surface area (Å²) in [6.07, 6.45) is 0.438. The summed E-state index contributed by atoms with van der Waals surface area (Å²) in [5, 5.41) is 6.37. The second kappa shape index (κ2) is 6.03. The monoisotopic (exact) mass is 280 g/mol. The van der Waals surface area contributed by atoms with Crippen molar-refractivity contribution in [2.45, 2.75) is 19.6 Å². The SMILES string of the molecule is Cc1ccc(CCNC2=NC(N)N=C(N(C)C)N2)s1. The van der Waals surface area contributed by atoms with Gasteiger partial charge < -0.3 is 10.2 Å². The lowest BCUT2D eigenvalue weighted by molar-refractivity contribution is 0.573. The van der Waals surface area contributed by atoms with Crippen molar-refractivity contribution >= 4 is 23.3 Å². The van der Waals surface area contributed by atoms with Gasteiger partial charge in [-0.1, -0.05) is 0 Å². The number of nitrogens with zero attached hydrogens (tertiary/aromatic N) is 3. The van der Waals surface area contributed by atoms with Crippen molar-refractivity contribution in [2.75, 3.05) is 20.6 Å². The summed E-state index contributed by atoms with van der Waals surface area (Å²) in [7, 11) is 3.83. The number of hydrogen-bond donors (Lipinski definition) is 3. The van der Waals surface area contributed by atoms with Gasteiger partial charge in [0.15, 0.2) is 6.29 Å². The van der Waals surface area contributed by atoms with Crippen LogP contribution in [0.2, 0.25) is 0 Å². The van der Waals surface area contributed by atoms with Crippen LogP contribution < -0.4 is 16.4 Å². The topological polar surface area (TPSA) is 78.0 Å². The molecular formula is C12H20N6S. The molecule has 0 spiro atoms. The highest BCUT2D eigenvalue weighted by Gasteiger charge is 2.14. The van der Waals surface area contributed by atoms with Crippen molar-refractivity contribution in [3.8, 4) is 0 Å². The zero-order chi connectivity index (χ0) is 13.8. The lowest BCUT2D eigenvalue weighted by atomic mass is 10.3. The predicted molar refractivity (Wildman–Crippen MR) is 80.4 cm³/mol. The quantitative estimate of drug-likeness (QED) is 0.744. The highest BCUT2D eigenvalue weighted by molar-refractivity contribution is 7.11. The van der Waals surface area contributed by atoms with E-state index in [0.29, 0.717) is 5.96 Å². The molecule has 0 aliphatic carbocycles. The van der Waals surface area contributed by atoms with E-state index in [2.05, 4.69) is 39.7 Å². The van der Waals surface area contributed by atoms with Crippen LogP contribution in [0.15, 0.2) is 22.1 Å². The average molecular weight is 280 g/mol. The molecule has 1 aliphatic heterocycles. The van der Waals surface area contributed by atoms with Crippen molar-refractivity contribution in [1.82, 2.24) is 15.5 Å². The number of nitrogens with two attached hydrogens (primary N) is 1. The molecule has 6 nitrogen and oxygen atoms in total. The maximum Gasteiger partial charge on any atom is 0.203 e. The van der Waals surface area contributed by atoms with Crippen LogP contribution >= 0.6 is 11.3 Å². The predicted octanol–water partition coefficient (Wildman–Crippen LogP) is 0.308. The lowest BCUT2D eigenvalue weighted by Crippen LogP contribution is -2.51. The Morgan fingerprint density at radius 1 is 1.42 bits per heavy atom. The van der Waals surface area contributed by atoms with Crippen LogP contribution in [0.25, 0.3) is 0 Å². The molecule has 7 heteroatoms. The normalized spacial score (nSPS) is 18.4. The van der Waals surface area contributed by atoms with E-state index in [0.717, 1.165) is 18.9 Å². The number of thiophene rings is 1. The molecule has 0 saturated carbocycles. The van der Waals surface area contributed by atoms with Gasteiger partial charge in [0.05, 0.1) is 0 Å². The summed E-state index contributed by atoms with van der Waals surface area (Å²) in [5.74, 6) is 1.40. The molecule has 1 unspecified atom stereocenters. The van der Waals surface area contributed by atoms with Gasteiger partial charge in [-0.05, 0) is 25.5 Å². The number of rotatable bonds is 3. The molecule has 4 N–H and O–H groups in total. The Hall–Kier alpha value is -1.60. The lowest BCUT2D eigenvalue weighted by Gasteiger charge is -2.24. The third-order valence-electron chi connectivity index (χ3n) is 2.63. The second-order valence-electron chi connectivity index (χ2n) is 4.55. The number of aryl methyl sites for hydroxylation is 1. The third-order valence-corrected chi connectivity index (χ3v) is 3.69. The van der Waals surface area contributed by atoms with Crippen LogP contribution in [0, 0.1) is 6.92 Å². The van der Waals surface area contributed by atoms with E-state index in [1.807, 2.05) is 30.3 Å². The van der Waals surface area contributed by atoms with Gasteiger partial charge in [0.2, 0.25) is 11.9 Å². The number of nitrogens with one attached hydrogen (secondary N) is 2. The smallest absolute Gasteiger partial charge is 0.203 e. The molecule has 0 bridgehead atoms. The summed E-state index contributed by atoms with van der Waals surface area (Å²) < 4.78 is 0. The van der Waals surface area contributed by atoms with E-state index in [-0.39, 0.29) is 0 Å². The van der Waals surface area contributed by atoms with Crippen LogP contribution in [0.1, 0.15) is 9.75 Å². The molecule has 1 aromatic rings. The first-order chi connectivity index (χ1) is 9.04. The Bertz CT molecular complexity index is 490. The molecule has 0 radical (unpaired) electrons. The molecule has 0 aromatic carbocycles. The third kappa shape index (κ3) is 3.93. The van der Waals surface area contributed by atoms with Crippen LogP contribution in [0.3, 0.4) is 0 Å². The Morgan fingerprint density at radius 2 is 2.21 bits per heavy atom. The molecular weight excluding hydrogens is 260 g/mol. The summed E-state index contributed by atoms with van der Waals surface area (Å²) in [6.45, 7) is 2.94. The van der Waals surface area contributed by atoms with Gasteiger partial charge in [0, 0.05) is 30.4 Å². The van der Waals surface area contributed by atoms with Gasteiger partial charge in [0.25, 0.3) is 0 Å². The maximum absolute atomic E-state index is 5.76. The molecule has 0 amide bonds. The van der Waals surface area contributed by atoms with Crippen molar-refractivity contribution in [2.24, 2.45) is 15.7 Å². The molecule has 0 fully saturated rings. The van der Waals surface area contributed by atoms with E-state index in [4.69, 9.17) is 5.73 Å². The minimum absolute atomic E-state index is 0.537. The summed E-state index contributed by atoms with van der Waals surface area (Å²) in [4.78, 5) is 13.0. The molecule has 1 atom stereocenters. The molecule has 1 aliphatic rings. The summed E-state index contributed by atoms with van der Waals surface area (Å²) in [5.41, 5.74) is 5.76. The van der Waals surface area contributed by atoms with Gasteiger partial charge in [-0.2, -0.15) is 0 Å². The summed E-state index contributed by atoms with van der Waals surface area (Å²) >= 11 is 1.82. The second-order valence-corrected chi connectivity index (χ2v) is 5.93.